The lowest BCUT2D eigenvalue weighted by Crippen LogP contribution is -2.10. The molecule has 1 aromatic heterocycles. The van der Waals surface area contributed by atoms with Crippen molar-refractivity contribution < 1.29 is 9.90 Å². The van der Waals surface area contributed by atoms with Crippen molar-refractivity contribution in [1.29, 1.82) is 0 Å². The number of carbonyl (C=O) groups is 1. The van der Waals surface area contributed by atoms with Gasteiger partial charge in [0.25, 0.3) is 0 Å². The highest BCUT2D eigenvalue weighted by atomic mass is 35.5. The minimum atomic E-state index is -0.858. The summed E-state index contributed by atoms with van der Waals surface area (Å²) in [5.74, 6) is -0.434. The molecule has 1 aromatic rings. The fourth-order valence-electron chi connectivity index (χ4n) is 2.35. The molecular weight excluding hydrogens is 226 g/mol. The molecule has 0 unspecified atom stereocenters. The van der Waals surface area contributed by atoms with Gasteiger partial charge in [0.2, 0.25) is 0 Å². The lowest BCUT2D eigenvalue weighted by molar-refractivity contribution is 0.0694. The zero-order valence-electron chi connectivity index (χ0n) is 9.06. The first kappa shape index (κ1) is 13.0. The number of hydrogen-bond acceptors (Lipinski definition) is 2. The summed E-state index contributed by atoms with van der Waals surface area (Å²) in [5.41, 5.74) is 1.35. The van der Waals surface area contributed by atoms with Crippen molar-refractivity contribution >= 4 is 18.4 Å². The van der Waals surface area contributed by atoms with Gasteiger partial charge in [0.05, 0.1) is 5.56 Å². The topological polar surface area (TPSA) is 50.2 Å². The third-order valence-electron chi connectivity index (χ3n) is 3.13. The molecule has 3 nitrogen and oxygen atoms in total. The monoisotopic (exact) mass is 241 g/mol. The van der Waals surface area contributed by atoms with E-state index in [0.29, 0.717) is 11.5 Å². The predicted octanol–water partition coefficient (Wildman–Crippen LogP) is 3.25. The normalized spacial score (nSPS) is 16.5. The highest BCUT2D eigenvalue weighted by Gasteiger charge is 2.20. The van der Waals surface area contributed by atoms with E-state index in [9.17, 15) is 4.79 Å². The molecule has 1 saturated carbocycles. The molecule has 0 radical (unpaired) electrons. The van der Waals surface area contributed by atoms with Crippen LogP contribution in [0.1, 0.15) is 53.9 Å². The number of carboxylic acids is 1. The molecular formula is C12H16ClNO2. The van der Waals surface area contributed by atoms with Crippen molar-refractivity contribution in [2.45, 2.75) is 38.0 Å². The maximum absolute atomic E-state index is 11.0. The smallest absolute Gasteiger partial charge is 0.337 e. The maximum Gasteiger partial charge on any atom is 0.337 e. The van der Waals surface area contributed by atoms with Gasteiger partial charge in [-0.25, -0.2) is 4.79 Å². The third-order valence-corrected chi connectivity index (χ3v) is 3.13. The first-order chi connectivity index (χ1) is 7.29. The summed E-state index contributed by atoms with van der Waals surface area (Å²) in [6, 6.07) is 1.86. The van der Waals surface area contributed by atoms with Gasteiger partial charge in [0.15, 0.2) is 0 Å². The van der Waals surface area contributed by atoms with E-state index in [1.165, 1.54) is 25.5 Å². The van der Waals surface area contributed by atoms with Gasteiger partial charge in [-0.2, -0.15) is 0 Å². The number of nitrogens with zero attached hydrogens (tertiary/aromatic N) is 1. The lowest BCUT2D eigenvalue weighted by Gasteiger charge is -2.22. The molecule has 1 heterocycles. The van der Waals surface area contributed by atoms with Crippen LogP contribution in [0, 0.1) is 0 Å². The average Bonchev–Trinajstić information content (AvgIpc) is 2.30. The van der Waals surface area contributed by atoms with Gasteiger partial charge in [0, 0.05) is 12.4 Å². The fourth-order valence-corrected chi connectivity index (χ4v) is 2.35. The first-order valence-electron chi connectivity index (χ1n) is 5.46. The minimum absolute atomic E-state index is 0. The van der Waals surface area contributed by atoms with Crippen molar-refractivity contribution in [1.82, 2.24) is 4.98 Å². The van der Waals surface area contributed by atoms with Crippen LogP contribution in [-0.2, 0) is 0 Å². The van der Waals surface area contributed by atoms with Crippen LogP contribution >= 0.6 is 12.4 Å². The molecule has 0 aliphatic heterocycles. The Labute approximate surface area is 101 Å². The highest BCUT2D eigenvalue weighted by Crippen LogP contribution is 2.33. The summed E-state index contributed by atoms with van der Waals surface area (Å²) in [4.78, 5) is 14.9. The summed E-state index contributed by atoms with van der Waals surface area (Å²) >= 11 is 0. The highest BCUT2D eigenvalue weighted by molar-refractivity contribution is 5.89. The largest absolute Gasteiger partial charge is 0.478 e. The second-order valence-electron chi connectivity index (χ2n) is 4.10. The Morgan fingerprint density at radius 1 is 1.31 bits per heavy atom. The quantitative estimate of drug-likeness (QED) is 0.865. The number of rotatable bonds is 2. The Morgan fingerprint density at radius 3 is 2.62 bits per heavy atom. The van der Waals surface area contributed by atoms with Crippen LogP contribution in [0.25, 0.3) is 0 Å². The van der Waals surface area contributed by atoms with Crippen molar-refractivity contribution in [3.63, 3.8) is 0 Å². The molecule has 0 amide bonds. The molecule has 1 aliphatic rings. The van der Waals surface area contributed by atoms with E-state index in [0.717, 1.165) is 18.4 Å². The number of halogens is 1. The number of pyridine rings is 1. The molecule has 0 saturated heterocycles. The van der Waals surface area contributed by atoms with Gasteiger partial charge in [-0.1, -0.05) is 19.3 Å². The van der Waals surface area contributed by atoms with Crippen LogP contribution in [0.5, 0.6) is 0 Å². The van der Waals surface area contributed by atoms with E-state index in [-0.39, 0.29) is 12.4 Å². The molecule has 0 spiro atoms. The van der Waals surface area contributed by atoms with E-state index >= 15 is 0 Å². The third kappa shape index (κ3) is 2.73. The standard InChI is InChI=1S/C12H15NO2.ClH/c14-12(15)11-8-13-7-6-10(11)9-4-2-1-3-5-9;/h6-9H,1-5H2,(H,14,15);1H. The van der Waals surface area contributed by atoms with Gasteiger partial charge in [-0.05, 0) is 30.4 Å². The van der Waals surface area contributed by atoms with Gasteiger partial charge in [-0.3, -0.25) is 4.98 Å². The molecule has 16 heavy (non-hydrogen) atoms. The van der Waals surface area contributed by atoms with Crippen LogP contribution < -0.4 is 0 Å². The predicted molar refractivity (Wildman–Crippen MR) is 64.3 cm³/mol. The first-order valence-corrected chi connectivity index (χ1v) is 5.46. The Morgan fingerprint density at radius 2 is 2.00 bits per heavy atom. The van der Waals surface area contributed by atoms with Crippen LogP contribution in [0.4, 0.5) is 0 Å². The number of aromatic carboxylic acids is 1. The molecule has 0 bridgehead atoms. The molecule has 0 atom stereocenters. The van der Waals surface area contributed by atoms with Gasteiger partial charge >= 0.3 is 5.97 Å². The Kier molecular flexibility index (Phi) is 4.74. The number of hydrogen-bond donors (Lipinski definition) is 1. The van der Waals surface area contributed by atoms with E-state index in [1.807, 2.05) is 6.07 Å². The molecule has 2 rings (SSSR count). The SMILES string of the molecule is Cl.O=C(O)c1cnccc1C1CCCCC1. The van der Waals surface area contributed by atoms with E-state index < -0.39 is 5.97 Å². The summed E-state index contributed by atoms with van der Waals surface area (Å²) in [7, 11) is 0. The molecule has 4 heteroatoms. The summed E-state index contributed by atoms with van der Waals surface area (Å²) in [6.07, 6.45) is 9.10. The fraction of sp³-hybridized carbons (Fsp3) is 0.500. The van der Waals surface area contributed by atoms with Crippen molar-refractivity contribution in [3.8, 4) is 0 Å². The Balaban J connectivity index is 0.00000128. The molecule has 1 aliphatic carbocycles. The summed E-state index contributed by atoms with van der Waals surface area (Å²) < 4.78 is 0. The molecule has 88 valence electrons. The van der Waals surface area contributed by atoms with Crippen molar-refractivity contribution in [2.24, 2.45) is 0 Å². The van der Waals surface area contributed by atoms with Crippen LogP contribution in [0.3, 0.4) is 0 Å². The molecule has 1 N–H and O–H groups in total. The van der Waals surface area contributed by atoms with Gasteiger partial charge in [-0.15, -0.1) is 12.4 Å². The summed E-state index contributed by atoms with van der Waals surface area (Å²) in [6.45, 7) is 0. The van der Waals surface area contributed by atoms with Gasteiger partial charge < -0.3 is 5.11 Å². The van der Waals surface area contributed by atoms with E-state index in [2.05, 4.69) is 4.98 Å². The van der Waals surface area contributed by atoms with Crippen molar-refractivity contribution in [3.05, 3.63) is 29.6 Å². The van der Waals surface area contributed by atoms with E-state index in [1.54, 1.807) is 6.20 Å². The number of aromatic nitrogens is 1. The molecule has 1 fully saturated rings. The second-order valence-corrected chi connectivity index (χ2v) is 4.10. The minimum Gasteiger partial charge on any atom is -0.478 e. The maximum atomic E-state index is 11.0. The Bertz CT molecular complexity index is 362. The Hall–Kier alpha value is -1.09. The zero-order chi connectivity index (χ0) is 10.7. The number of carboxylic acid groups (broad SMARTS) is 1. The summed E-state index contributed by atoms with van der Waals surface area (Å²) in [5, 5.41) is 9.06. The van der Waals surface area contributed by atoms with Crippen LogP contribution in [-0.4, -0.2) is 16.1 Å². The van der Waals surface area contributed by atoms with Crippen molar-refractivity contribution in [2.75, 3.05) is 0 Å². The zero-order valence-corrected chi connectivity index (χ0v) is 9.87. The molecule has 0 aromatic carbocycles. The van der Waals surface area contributed by atoms with Gasteiger partial charge in [0.1, 0.15) is 0 Å². The average molecular weight is 242 g/mol. The van der Waals surface area contributed by atoms with Crippen LogP contribution in [0.15, 0.2) is 18.5 Å². The van der Waals surface area contributed by atoms with Crippen LogP contribution in [0.2, 0.25) is 0 Å². The van der Waals surface area contributed by atoms with E-state index in [4.69, 9.17) is 5.11 Å². The lowest BCUT2D eigenvalue weighted by atomic mass is 9.83. The second kappa shape index (κ2) is 5.85.